The van der Waals surface area contributed by atoms with Crippen LogP contribution in [0.5, 0.6) is 11.5 Å². The molecule has 1 fully saturated rings. The minimum Gasteiger partial charge on any atom is -0.497 e. The van der Waals surface area contributed by atoms with Crippen molar-refractivity contribution in [1.29, 1.82) is 0 Å². The highest BCUT2D eigenvalue weighted by molar-refractivity contribution is 5.92. The second kappa shape index (κ2) is 8.56. The summed E-state index contributed by atoms with van der Waals surface area (Å²) in [5, 5.41) is 6.18. The number of rotatable bonds is 6. The Morgan fingerprint density at radius 1 is 1.08 bits per heavy atom. The lowest BCUT2D eigenvalue weighted by Gasteiger charge is -2.20. The first-order valence-electron chi connectivity index (χ1n) is 8.95. The summed E-state index contributed by atoms with van der Waals surface area (Å²) in [7, 11) is 3.23. The Balaban J connectivity index is 1.65. The van der Waals surface area contributed by atoms with Crippen LogP contribution >= 0.6 is 0 Å². The molecule has 3 rings (SSSR count). The minimum atomic E-state index is 0.0988. The number of pyridine rings is 1. The topological polar surface area (TPSA) is 72.5 Å². The summed E-state index contributed by atoms with van der Waals surface area (Å²) in [6, 6.07) is 9.19. The van der Waals surface area contributed by atoms with Crippen molar-refractivity contribution in [2.75, 3.05) is 24.9 Å². The average Bonchev–Trinajstić information content (AvgIpc) is 2.70. The second-order valence-electron chi connectivity index (χ2n) is 6.45. The normalized spacial score (nSPS) is 14.5. The summed E-state index contributed by atoms with van der Waals surface area (Å²) in [5.74, 6) is 2.31. The van der Waals surface area contributed by atoms with E-state index in [2.05, 4.69) is 15.6 Å². The lowest BCUT2D eigenvalue weighted by Crippen LogP contribution is -2.24. The van der Waals surface area contributed by atoms with Gasteiger partial charge in [0.25, 0.3) is 0 Å². The van der Waals surface area contributed by atoms with Crippen LogP contribution in [0.2, 0.25) is 0 Å². The van der Waals surface area contributed by atoms with Crippen LogP contribution in [0.1, 0.15) is 32.1 Å². The Morgan fingerprint density at radius 2 is 1.88 bits per heavy atom. The van der Waals surface area contributed by atoms with Crippen LogP contribution in [0.3, 0.4) is 0 Å². The van der Waals surface area contributed by atoms with Gasteiger partial charge in [0, 0.05) is 12.0 Å². The fourth-order valence-corrected chi connectivity index (χ4v) is 3.20. The molecule has 1 heterocycles. The standard InChI is InChI=1S/C20H25N3O3/c1-25-16-9-10-18(26-2)17(12-16)23-19-11-8-15(13-21-19)22-20(24)14-6-4-3-5-7-14/h8-14H,3-7H2,1-2H3,(H,21,23)(H,22,24). The van der Waals surface area contributed by atoms with Crippen LogP contribution in [-0.2, 0) is 4.79 Å². The van der Waals surface area contributed by atoms with Gasteiger partial charge in [0.1, 0.15) is 17.3 Å². The molecule has 6 heteroatoms. The number of hydrogen-bond donors (Lipinski definition) is 2. The lowest BCUT2D eigenvalue weighted by molar-refractivity contribution is -0.120. The number of ether oxygens (including phenoxy) is 2. The Hall–Kier alpha value is -2.76. The molecule has 1 aliphatic rings. The van der Waals surface area contributed by atoms with Crippen molar-refractivity contribution in [2.24, 2.45) is 5.92 Å². The van der Waals surface area contributed by atoms with Gasteiger partial charge in [-0.25, -0.2) is 4.98 Å². The maximum Gasteiger partial charge on any atom is 0.227 e. The SMILES string of the molecule is COc1ccc(OC)c(Nc2ccc(NC(=O)C3CCCCC3)cn2)c1. The van der Waals surface area contributed by atoms with Crippen LogP contribution < -0.4 is 20.1 Å². The molecule has 1 saturated carbocycles. The highest BCUT2D eigenvalue weighted by atomic mass is 16.5. The number of aromatic nitrogens is 1. The molecule has 0 spiro atoms. The molecular formula is C20H25N3O3. The summed E-state index contributed by atoms with van der Waals surface area (Å²) in [6.07, 6.45) is 7.14. The predicted molar refractivity (Wildman–Crippen MR) is 102 cm³/mol. The summed E-state index contributed by atoms with van der Waals surface area (Å²) in [5.41, 5.74) is 1.47. The zero-order chi connectivity index (χ0) is 18.4. The van der Waals surface area contributed by atoms with Crippen molar-refractivity contribution in [3.8, 4) is 11.5 Å². The van der Waals surface area contributed by atoms with Crippen molar-refractivity contribution in [2.45, 2.75) is 32.1 Å². The number of carbonyl (C=O) groups excluding carboxylic acids is 1. The smallest absolute Gasteiger partial charge is 0.227 e. The van der Waals surface area contributed by atoms with Gasteiger partial charge in [-0.3, -0.25) is 4.79 Å². The zero-order valence-corrected chi connectivity index (χ0v) is 15.2. The van der Waals surface area contributed by atoms with Gasteiger partial charge in [-0.2, -0.15) is 0 Å². The Morgan fingerprint density at radius 3 is 2.54 bits per heavy atom. The average molecular weight is 355 g/mol. The number of nitrogens with one attached hydrogen (secondary N) is 2. The van der Waals surface area contributed by atoms with Crippen LogP contribution in [0.15, 0.2) is 36.5 Å². The number of amides is 1. The third-order valence-corrected chi connectivity index (χ3v) is 4.68. The maximum absolute atomic E-state index is 12.3. The zero-order valence-electron chi connectivity index (χ0n) is 15.2. The van der Waals surface area contributed by atoms with Crippen LogP contribution in [0.25, 0.3) is 0 Å². The summed E-state index contributed by atoms with van der Waals surface area (Å²) in [6.45, 7) is 0. The van der Waals surface area contributed by atoms with E-state index >= 15 is 0 Å². The van der Waals surface area contributed by atoms with Crippen molar-refractivity contribution in [3.05, 3.63) is 36.5 Å². The molecule has 1 aromatic heterocycles. The fraction of sp³-hybridized carbons (Fsp3) is 0.400. The van der Waals surface area contributed by atoms with Gasteiger partial charge < -0.3 is 20.1 Å². The van der Waals surface area contributed by atoms with Gasteiger partial charge in [-0.1, -0.05) is 19.3 Å². The highest BCUT2D eigenvalue weighted by Gasteiger charge is 2.21. The molecule has 1 amide bonds. The number of carbonyl (C=O) groups is 1. The number of methoxy groups -OCH3 is 2. The molecule has 2 aromatic rings. The van der Waals surface area contributed by atoms with Gasteiger partial charge >= 0.3 is 0 Å². The number of hydrogen-bond acceptors (Lipinski definition) is 5. The van der Waals surface area contributed by atoms with Crippen LogP contribution in [0.4, 0.5) is 17.2 Å². The summed E-state index contributed by atoms with van der Waals surface area (Å²) < 4.78 is 10.6. The molecule has 2 N–H and O–H groups in total. The third-order valence-electron chi connectivity index (χ3n) is 4.68. The van der Waals surface area contributed by atoms with E-state index in [4.69, 9.17) is 9.47 Å². The molecule has 0 aliphatic heterocycles. The van der Waals surface area contributed by atoms with Crippen molar-refractivity contribution in [1.82, 2.24) is 4.98 Å². The quantitative estimate of drug-likeness (QED) is 0.805. The Labute approximate surface area is 153 Å². The molecule has 6 nitrogen and oxygen atoms in total. The molecule has 1 aromatic carbocycles. The largest absolute Gasteiger partial charge is 0.497 e. The first-order chi connectivity index (χ1) is 12.7. The minimum absolute atomic E-state index is 0.0988. The lowest BCUT2D eigenvalue weighted by atomic mass is 9.88. The Bertz CT molecular complexity index is 740. The van der Waals surface area contributed by atoms with Crippen molar-refractivity contribution in [3.63, 3.8) is 0 Å². The van der Waals surface area contributed by atoms with E-state index in [0.717, 1.165) is 37.1 Å². The van der Waals surface area contributed by atoms with Gasteiger partial charge in [0.2, 0.25) is 5.91 Å². The molecule has 1 aliphatic carbocycles. The van der Waals surface area contributed by atoms with Crippen LogP contribution in [0, 0.1) is 5.92 Å². The first kappa shape index (κ1) is 18.0. The van der Waals surface area contributed by atoms with E-state index in [1.807, 2.05) is 30.3 Å². The van der Waals surface area contributed by atoms with Gasteiger partial charge in [0.15, 0.2) is 0 Å². The van der Waals surface area contributed by atoms with Crippen LogP contribution in [-0.4, -0.2) is 25.1 Å². The van der Waals surface area contributed by atoms with E-state index < -0.39 is 0 Å². The van der Waals surface area contributed by atoms with E-state index in [-0.39, 0.29) is 11.8 Å². The summed E-state index contributed by atoms with van der Waals surface area (Å²) in [4.78, 5) is 16.7. The van der Waals surface area contributed by atoms with Gasteiger partial charge in [-0.15, -0.1) is 0 Å². The maximum atomic E-state index is 12.3. The number of benzene rings is 1. The third kappa shape index (κ3) is 4.45. The number of anilines is 3. The molecule has 0 unspecified atom stereocenters. The van der Waals surface area contributed by atoms with Gasteiger partial charge in [-0.05, 0) is 37.1 Å². The second-order valence-corrected chi connectivity index (χ2v) is 6.45. The molecule has 26 heavy (non-hydrogen) atoms. The molecule has 0 atom stereocenters. The van der Waals surface area contributed by atoms with Gasteiger partial charge in [0.05, 0.1) is 31.8 Å². The van der Waals surface area contributed by atoms with E-state index in [1.165, 1.54) is 6.42 Å². The molecular weight excluding hydrogens is 330 g/mol. The van der Waals surface area contributed by atoms with E-state index in [1.54, 1.807) is 20.4 Å². The fourth-order valence-electron chi connectivity index (χ4n) is 3.20. The number of nitrogens with zero attached hydrogens (tertiary/aromatic N) is 1. The summed E-state index contributed by atoms with van der Waals surface area (Å²) >= 11 is 0. The van der Waals surface area contributed by atoms with Crippen molar-refractivity contribution >= 4 is 23.1 Å². The molecule has 0 saturated heterocycles. The molecule has 0 radical (unpaired) electrons. The highest BCUT2D eigenvalue weighted by Crippen LogP contribution is 2.31. The first-order valence-corrected chi connectivity index (χ1v) is 8.95. The van der Waals surface area contributed by atoms with E-state index in [9.17, 15) is 4.79 Å². The monoisotopic (exact) mass is 355 g/mol. The Kier molecular flexibility index (Phi) is 5.94. The van der Waals surface area contributed by atoms with E-state index in [0.29, 0.717) is 17.3 Å². The molecule has 0 bridgehead atoms. The predicted octanol–water partition coefficient (Wildman–Crippen LogP) is 4.36. The van der Waals surface area contributed by atoms with Crippen molar-refractivity contribution < 1.29 is 14.3 Å². The molecule has 138 valence electrons.